The van der Waals surface area contributed by atoms with Crippen molar-refractivity contribution in [3.05, 3.63) is 52.9 Å². The molecular formula is C17H21BrN2O3S. The van der Waals surface area contributed by atoms with Crippen LogP contribution in [0, 0.1) is 5.92 Å². The summed E-state index contributed by atoms with van der Waals surface area (Å²) in [6, 6.07) is 10.6. The van der Waals surface area contributed by atoms with Crippen molar-refractivity contribution >= 4 is 26.0 Å². The summed E-state index contributed by atoms with van der Waals surface area (Å²) in [5, 5.41) is 0. The zero-order chi connectivity index (χ0) is 17.0. The van der Waals surface area contributed by atoms with Gasteiger partial charge in [0.25, 0.3) is 0 Å². The third kappa shape index (κ3) is 4.69. The van der Waals surface area contributed by atoms with Gasteiger partial charge in [-0.1, -0.05) is 15.9 Å². The molecule has 2 heterocycles. The second kappa shape index (κ2) is 7.82. The fourth-order valence-electron chi connectivity index (χ4n) is 2.90. The lowest BCUT2D eigenvalue weighted by molar-refractivity contribution is 0.168. The summed E-state index contributed by atoms with van der Waals surface area (Å²) in [5.41, 5.74) is 0. The van der Waals surface area contributed by atoms with E-state index in [-0.39, 0.29) is 0 Å². The van der Waals surface area contributed by atoms with Gasteiger partial charge < -0.3 is 4.42 Å². The maximum Gasteiger partial charge on any atom is 0.240 e. The first-order chi connectivity index (χ1) is 11.5. The Morgan fingerprint density at radius 1 is 1.17 bits per heavy atom. The molecule has 1 fully saturated rings. The average Bonchev–Trinajstić information content (AvgIpc) is 3.08. The third-order valence-corrected chi connectivity index (χ3v) is 6.32. The smallest absolute Gasteiger partial charge is 0.240 e. The van der Waals surface area contributed by atoms with E-state index < -0.39 is 10.0 Å². The summed E-state index contributed by atoms with van der Waals surface area (Å²) >= 11 is 3.31. The first-order valence-corrected chi connectivity index (χ1v) is 10.3. The van der Waals surface area contributed by atoms with Crippen molar-refractivity contribution < 1.29 is 12.8 Å². The van der Waals surface area contributed by atoms with Crippen LogP contribution in [0.25, 0.3) is 0 Å². The van der Waals surface area contributed by atoms with Gasteiger partial charge in [-0.05, 0) is 68.2 Å². The minimum Gasteiger partial charge on any atom is -0.468 e. The molecule has 0 atom stereocenters. The lowest BCUT2D eigenvalue weighted by Crippen LogP contribution is -2.38. The van der Waals surface area contributed by atoms with E-state index in [2.05, 4.69) is 25.6 Å². The highest BCUT2D eigenvalue weighted by Gasteiger charge is 2.22. The Labute approximate surface area is 151 Å². The second-order valence-corrected chi connectivity index (χ2v) is 8.79. The van der Waals surface area contributed by atoms with E-state index in [0.717, 1.165) is 42.7 Å². The largest absolute Gasteiger partial charge is 0.468 e. The maximum absolute atomic E-state index is 12.3. The zero-order valence-electron chi connectivity index (χ0n) is 13.3. The number of likely N-dealkylation sites (tertiary alicyclic amines) is 1. The molecule has 0 radical (unpaired) electrons. The van der Waals surface area contributed by atoms with Crippen LogP contribution in [0.5, 0.6) is 0 Å². The summed E-state index contributed by atoms with van der Waals surface area (Å²) < 4.78 is 33.6. The zero-order valence-corrected chi connectivity index (χ0v) is 15.7. The van der Waals surface area contributed by atoms with Crippen LogP contribution in [0.4, 0.5) is 0 Å². The van der Waals surface area contributed by atoms with Gasteiger partial charge in [-0.15, -0.1) is 0 Å². The second-order valence-electron chi connectivity index (χ2n) is 6.10. The molecule has 2 aromatic rings. The first-order valence-electron chi connectivity index (χ1n) is 8.03. The van der Waals surface area contributed by atoms with Crippen molar-refractivity contribution in [1.29, 1.82) is 0 Å². The Bertz CT molecular complexity index is 737. The van der Waals surface area contributed by atoms with E-state index in [1.165, 1.54) is 0 Å². The number of nitrogens with zero attached hydrogens (tertiary/aromatic N) is 1. The van der Waals surface area contributed by atoms with Gasteiger partial charge in [0.05, 0.1) is 17.7 Å². The van der Waals surface area contributed by atoms with Gasteiger partial charge in [-0.2, -0.15) is 0 Å². The Morgan fingerprint density at radius 3 is 2.50 bits per heavy atom. The van der Waals surface area contributed by atoms with Gasteiger partial charge in [0.15, 0.2) is 0 Å². The van der Waals surface area contributed by atoms with E-state index >= 15 is 0 Å². The van der Waals surface area contributed by atoms with Gasteiger partial charge in [0.2, 0.25) is 10.0 Å². The number of sulfonamides is 1. The number of rotatable bonds is 6. The molecule has 24 heavy (non-hydrogen) atoms. The number of hydrogen-bond acceptors (Lipinski definition) is 4. The molecule has 1 aromatic heterocycles. The average molecular weight is 413 g/mol. The van der Waals surface area contributed by atoms with Gasteiger partial charge in [-0.3, -0.25) is 4.90 Å². The number of nitrogens with one attached hydrogen (secondary N) is 1. The molecule has 130 valence electrons. The van der Waals surface area contributed by atoms with Gasteiger partial charge in [0.1, 0.15) is 5.76 Å². The molecule has 0 saturated carbocycles. The molecule has 1 N–H and O–H groups in total. The third-order valence-electron chi connectivity index (χ3n) is 4.35. The highest BCUT2D eigenvalue weighted by Crippen LogP contribution is 2.20. The lowest BCUT2D eigenvalue weighted by atomic mass is 9.97. The molecular weight excluding hydrogens is 392 g/mol. The van der Waals surface area contributed by atoms with Crippen LogP contribution in [-0.2, 0) is 16.6 Å². The molecule has 0 amide bonds. The van der Waals surface area contributed by atoms with Crippen LogP contribution < -0.4 is 4.72 Å². The molecule has 1 aliphatic rings. The number of hydrogen-bond donors (Lipinski definition) is 1. The molecule has 1 saturated heterocycles. The van der Waals surface area contributed by atoms with Gasteiger partial charge >= 0.3 is 0 Å². The maximum atomic E-state index is 12.3. The van der Waals surface area contributed by atoms with Crippen LogP contribution in [0.2, 0.25) is 0 Å². The predicted octanol–water partition coefficient (Wildman–Crippen LogP) is 3.23. The Balaban J connectivity index is 1.47. The molecule has 3 rings (SSSR count). The molecule has 0 unspecified atom stereocenters. The normalized spacial score (nSPS) is 17.2. The highest BCUT2D eigenvalue weighted by atomic mass is 79.9. The van der Waals surface area contributed by atoms with E-state index in [0.29, 0.717) is 17.4 Å². The SMILES string of the molecule is O=S(=O)(NCC1CCN(Cc2ccco2)CC1)c1ccc(Br)cc1. The summed E-state index contributed by atoms with van der Waals surface area (Å²) in [5.74, 6) is 1.35. The molecule has 0 aliphatic carbocycles. The topological polar surface area (TPSA) is 62.6 Å². The van der Waals surface area contributed by atoms with Crippen molar-refractivity contribution in [2.24, 2.45) is 5.92 Å². The molecule has 0 bridgehead atoms. The van der Waals surface area contributed by atoms with Crippen LogP contribution in [-0.4, -0.2) is 33.0 Å². The molecule has 1 aliphatic heterocycles. The quantitative estimate of drug-likeness (QED) is 0.790. The van der Waals surface area contributed by atoms with Crippen LogP contribution in [0.3, 0.4) is 0 Å². The molecule has 7 heteroatoms. The number of halogens is 1. The minimum atomic E-state index is -3.43. The van der Waals surface area contributed by atoms with Crippen molar-refractivity contribution in [3.63, 3.8) is 0 Å². The first kappa shape index (κ1) is 17.7. The number of piperidine rings is 1. The lowest BCUT2D eigenvalue weighted by Gasteiger charge is -2.31. The summed E-state index contributed by atoms with van der Waals surface area (Å²) in [7, 11) is -3.43. The Hall–Kier alpha value is -1.15. The van der Waals surface area contributed by atoms with Gasteiger partial charge in [-0.25, -0.2) is 13.1 Å². The fraction of sp³-hybridized carbons (Fsp3) is 0.412. The molecule has 1 aromatic carbocycles. The number of benzene rings is 1. The van der Waals surface area contributed by atoms with Crippen LogP contribution in [0.15, 0.2) is 56.4 Å². The molecule has 5 nitrogen and oxygen atoms in total. The van der Waals surface area contributed by atoms with Crippen molar-refractivity contribution in [2.45, 2.75) is 24.3 Å². The van der Waals surface area contributed by atoms with Crippen LogP contribution >= 0.6 is 15.9 Å². The predicted molar refractivity (Wildman–Crippen MR) is 96.0 cm³/mol. The van der Waals surface area contributed by atoms with Gasteiger partial charge in [0, 0.05) is 11.0 Å². The van der Waals surface area contributed by atoms with E-state index in [1.807, 2.05) is 12.1 Å². The monoisotopic (exact) mass is 412 g/mol. The number of furan rings is 1. The standard InChI is InChI=1S/C17H21BrN2O3S/c18-15-3-5-17(6-4-15)24(21,22)19-12-14-7-9-20(10-8-14)13-16-2-1-11-23-16/h1-6,11,14,19H,7-10,12-13H2. The fourth-order valence-corrected chi connectivity index (χ4v) is 4.28. The summed E-state index contributed by atoms with van der Waals surface area (Å²) in [6.07, 6.45) is 3.67. The Morgan fingerprint density at radius 2 is 1.88 bits per heavy atom. The summed E-state index contributed by atoms with van der Waals surface area (Å²) in [4.78, 5) is 2.65. The van der Waals surface area contributed by atoms with Crippen molar-refractivity contribution in [3.8, 4) is 0 Å². The van der Waals surface area contributed by atoms with Crippen molar-refractivity contribution in [1.82, 2.24) is 9.62 Å². The van der Waals surface area contributed by atoms with Crippen LogP contribution in [0.1, 0.15) is 18.6 Å². The van der Waals surface area contributed by atoms with E-state index in [9.17, 15) is 8.42 Å². The van der Waals surface area contributed by atoms with E-state index in [4.69, 9.17) is 4.42 Å². The minimum absolute atomic E-state index is 0.306. The van der Waals surface area contributed by atoms with E-state index in [1.54, 1.807) is 30.5 Å². The highest BCUT2D eigenvalue weighted by molar-refractivity contribution is 9.10. The molecule has 0 spiro atoms. The van der Waals surface area contributed by atoms with Crippen molar-refractivity contribution in [2.75, 3.05) is 19.6 Å². The Kier molecular flexibility index (Phi) is 5.76. The summed E-state index contributed by atoms with van der Waals surface area (Å²) in [6.45, 7) is 3.24.